The minimum atomic E-state index is -0.576. The lowest BCUT2D eigenvalue weighted by atomic mass is 10.1. The number of rotatable bonds is 10. The van der Waals surface area contributed by atoms with Crippen LogP contribution in [0.1, 0.15) is 47.8 Å². The van der Waals surface area contributed by atoms with Crippen LogP contribution in [0.2, 0.25) is 0 Å². The van der Waals surface area contributed by atoms with Crippen molar-refractivity contribution in [1.82, 2.24) is 0 Å². The van der Waals surface area contributed by atoms with E-state index in [2.05, 4.69) is 6.92 Å². The highest BCUT2D eigenvalue weighted by Gasteiger charge is 2.03. The fourth-order valence-corrected chi connectivity index (χ4v) is 1.24. The molecular formula is C13H24O3. The first-order chi connectivity index (χ1) is 8.15. The van der Waals surface area contributed by atoms with E-state index in [1.54, 1.807) is 0 Å². The lowest BCUT2D eigenvalue weighted by Crippen LogP contribution is -2.14. The molecule has 0 amide bonds. The standard InChI is InChI=1S/C13H24O3/c1-4-7-8-9-12(14)10-11-13(15-5-2)16-6-3/h10-11,13H,4-9H2,1-3H3/b11-10+/i10D. The van der Waals surface area contributed by atoms with E-state index < -0.39 is 6.29 Å². The molecule has 0 radical (unpaired) electrons. The maximum absolute atomic E-state index is 11.6. The van der Waals surface area contributed by atoms with Crippen LogP contribution in [0.5, 0.6) is 0 Å². The lowest BCUT2D eigenvalue weighted by molar-refractivity contribution is -0.116. The van der Waals surface area contributed by atoms with Crippen molar-refractivity contribution in [2.24, 2.45) is 0 Å². The van der Waals surface area contributed by atoms with Crippen LogP contribution in [0, 0.1) is 0 Å². The average Bonchev–Trinajstić information content (AvgIpc) is 2.29. The van der Waals surface area contributed by atoms with Crippen molar-refractivity contribution >= 4 is 5.78 Å². The first-order valence-corrected chi connectivity index (χ1v) is 6.10. The molecule has 0 saturated heterocycles. The van der Waals surface area contributed by atoms with Gasteiger partial charge in [0.15, 0.2) is 12.1 Å². The summed E-state index contributed by atoms with van der Waals surface area (Å²) in [6, 6.07) is -0.00648. The van der Waals surface area contributed by atoms with Crippen LogP contribution in [0.25, 0.3) is 0 Å². The molecule has 0 aliphatic rings. The molecule has 94 valence electrons. The largest absolute Gasteiger partial charge is 0.349 e. The van der Waals surface area contributed by atoms with Gasteiger partial charge in [-0.15, -0.1) is 0 Å². The minimum Gasteiger partial charge on any atom is -0.349 e. The van der Waals surface area contributed by atoms with Gasteiger partial charge in [0.1, 0.15) is 0 Å². The van der Waals surface area contributed by atoms with E-state index in [-0.39, 0.29) is 11.8 Å². The zero-order chi connectivity index (χ0) is 13.1. The molecule has 3 nitrogen and oxygen atoms in total. The van der Waals surface area contributed by atoms with Crippen molar-refractivity contribution in [2.75, 3.05) is 13.2 Å². The number of hydrogen-bond donors (Lipinski definition) is 0. The summed E-state index contributed by atoms with van der Waals surface area (Å²) in [5, 5.41) is 0. The van der Waals surface area contributed by atoms with Crippen LogP contribution < -0.4 is 0 Å². The molecule has 0 aliphatic heterocycles. The van der Waals surface area contributed by atoms with E-state index in [4.69, 9.17) is 10.8 Å². The van der Waals surface area contributed by atoms with Gasteiger partial charge in [-0.1, -0.05) is 19.8 Å². The molecule has 0 N–H and O–H groups in total. The predicted molar refractivity (Wildman–Crippen MR) is 65.3 cm³/mol. The number of ether oxygens (including phenoxy) is 2. The van der Waals surface area contributed by atoms with E-state index in [9.17, 15) is 4.79 Å². The molecule has 0 heterocycles. The number of allylic oxidation sites excluding steroid dienone is 1. The van der Waals surface area contributed by atoms with Crippen LogP contribution in [0.3, 0.4) is 0 Å². The van der Waals surface area contributed by atoms with Gasteiger partial charge in [-0.05, 0) is 32.4 Å². The highest BCUT2D eigenvalue weighted by atomic mass is 16.7. The molecule has 0 rings (SSSR count). The van der Waals surface area contributed by atoms with Crippen molar-refractivity contribution in [3.63, 3.8) is 0 Å². The van der Waals surface area contributed by atoms with E-state index >= 15 is 0 Å². The third kappa shape index (κ3) is 8.62. The maximum Gasteiger partial charge on any atom is 0.177 e. The Morgan fingerprint density at radius 3 is 2.38 bits per heavy atom. The fourth-order valence-electron chi connectivity index (χ4n) is 1.24. The Morgan fingerprint density at radius 1 is 1.25 bits per heavy atom. The monoisotopic (exact) mass is 229 g/mol. The van der Waals surface area contributed by atoms with Crippen LogP contribution in [0.4, 0.5) is 0 Å². The molecule has 0 saturated carbocycles. The SMILES string of the molecule is [2H]/C(=C\C(OCC)OCC)C(=O)CCCCC. The van der Waals surface area contributed by atoms with E-state index in [0.29, 0.717) is 19.6 Å². The summed E-state index contributed by atoms with van der Waals surface area (Å²) in [7, 11) is 0. The quantitative estimate of drug-likeness (QED) is 0.328. The Morgan fingerprint density at radius 2 is 1.88 bits per heavy atom. The van der Waals surface area contributed by atoms with E-state index in [1.165, 1.54) is 6.08 Å². The van der Waals surface area contributed by atoms with Crippen molar-refractivity contribution in [2.45, 2.75) is 52.7 Å². The van der Waals surface area contributed by atoms with Crippen LogP contribution in [-0.2, 0) is 14.3 Å². The molecule has 0 aromatic carbocycles. The van der Waals surface area contributed by atoms with Gasteiger partial charge in [-0.3, -0.25) is 4.79 Å². The lowest BCUT2D eigenvalue weighted by Gasteiger charge is -2.11. The van der Waals surface area contributed by atoms with Gasteiger partial charge in [0.2, 0.25) is 0 Å². The molecule has 0 spiro atoms. The fraction of sp³-hybridized carbons (Fsp3) is 0.769. The smallest absolute Gasteiger partial charge is 0.177 e. The van der Waals surface area contributed by atoms with E-state index in [1.807, 2.05) is 13.8 Å². The molecule has 16 heavy (non-hydrogen) atoms. The molecule has 0 aromatic rings. The normalized spacial score (nSPS) is 13.0. The summed E-state index contributed by atoms with van der Waals surface area (Å²) in [5.41, 5.74) is 0. The van der Waals surface area contributed by atoms with Crippen molar-refractivity contribution in [3.05, 3.63) is 12.1 Å². The average molecular weight is 229 g/mol. The van der Waals surface area contributed by atoms with Crippen LogP contribution >= 0.6 is 0 Å². The Labute approximate surface area is 100 Å². The summed E-state index contributed by atoms with van der Waals surface area (Å²) in [5.74, 6) is -0.136. The zero-order valence-electron chi connectivity index (χ0n) is 11.6. The molecule has 0 fully saturated rings. The highest BCUT2D eigenvalue weighted by Crippen LogP contribution is 2.02. The number of unbranched alkanes of at least 4 members (excludes halogenated alkanes) is 2. The Bertz CT molecular complexity index is 233. The maximum atomic E-state index is 11.6. The second-order valence-electron chi connectivity index (χ2n) is 3.47. The van der Waals surface area contributed by atoms with Gasteiger partial charge in [0.25, 0.3) is 0 Å². The molecular weight excluding hydrogens is 204 g/mol. The number of carbonyl (C=O) groups excluding carboxylic acids is 1. The van der Waals surface area contributed by atoms with Gasteiger partial charge >= 0.3 is 0 Å². The molecule has 3 heteroatoms. The van der Waals surface area contributed by atoms with Gasteiger partial charge in [-0.2, -0.15) is 0 Å². The Hall–Kier alpha value is -0.670. The molecule has 0 aromatic heterocycles. The van der Waals surface area contributed by atoms with Crippen LogP contribution in [0.15, 0.2) is 12.1 Å². The van der Waals surface area contributed by atoms with Gasteiger partial charge in [0, 0.05) is 19.6 Å². The third-order valence-electron chi connectivity index (χ3n) is 2.05. The number of hydrogen-bond acceptors (Lipinski definition) is 3. The summed E-state index contributed by atoms with van der Waals surface area (Å²) < 4.78 is 18.2. The number of carbonyl (C=O) groups is 1. The Balaban J connectivity index is 4.21. The van der Waals surface area contributed by atoms with Gasteiger partial charge < -0.3 is 9.47 Å². The van der Waals surface area contributed by atoms with Crippen molar-refractivity contribution in [1.29, 1.82) is 0 Å². The molecule has 0 aliphatic carbocycles. The molecule has 0 unspecified atom stereocenters. The molecule has 0 bridgehead atoms. The Kier molecular flexibility index (Phi) is 9.07. The highest BCUT2D eigenvalue weighted by molar-refractivity contribution is 5.89. The van der Waals surface area contributed by atoms with Crippen molar-refractivity contribution in [3.8, 4) is 0 Å². The second-order valence-corrected chi connectivity index (χ2v) is 3.47. The van der Waals surface area contributed by atoms with Gasteiger partial charge in [0.05, 0.1) is 1.37 Å². The summed E-state index contributed by atoms with van der Waals surface area (Å²) in [6.07, 6.45) is 4.26. The summed E-state index contributed by atoms with van der Waals surface area (Å²) in [4.78, 5) is 11.6. The molecule has 0 atom stereocenters. The van der Waals surface area contributed by atoms with E-state index in [0.717, 1.165) is 19.3 Å². The van der Waals surface area contributed by atoms with Crippen LogP contribution in [-0.4, -0.2) is 25.3 Å². The zero-order valence-corrected chi connectivity index (χ0v) is 10.6. The topological polar surface area (TPSA) is 35.5 Å². The minimum absolute atomic E-state index is 0.00648. The second kappa shape index (κ2) is 10.8. The predicted octanol–water partition coefficient (Wildman–Crippen LogP) is 3.09. The first kappa shape index (κ1) is 13.4. The third-order valence-corrected chi connectivity index (χ3v) is 2.05. The number of ketones is 1. The van der Waals surface area contributed by atoms with Crippen molar-refractivity contribution < 1.29 is 15.6 Å². The van der Waals surface area contributed by atoms with Gasteiger partial charge in [-0.25, -0.2) is 0 Å². The first-order valence-electron chi connectivity index (χ1n) is 6.60. The summed E-state index contributed by atoms with van der Waals surface area (Å²) >= 11 is 0. The summed E-state index contributed by atoms with van der Waals surface area (Å²) in [6.45, 7) is 6.79.